The minimum Gasteiger partial charge on any atom is -0.484 e. The van der Waals surface area contributed by atoms with Gasteiger partial charge in [0.2, 0.25) is 0 Å². The number of benzene rings is 2. The standard InChI is InChI=1S/C24H22BrN3O4S/c1-3-31-23(30)21-15(2)26-24-28(11-12-33-24)22(21)16-5-4-6-19(13-16)32-14-20(29)27-18-9-7-17(25)8-10-18/h4-13,22H,3,14H2,1-2H3,(H,27,29)/t22-/m0/s1. The van der Waals surface area contributed by atoms with Gasteiger partial charge >= 0.3 is 5.97 Å². The van der Waals surface area contributed by atoms with Crippen LogP contribution in [0.4, 0.5) is 5.69 Å². The average Bonchev–Trinajstić information content (AvgIpc) is 3.26. The summed E-state index contributed by atoms with van der Waals surface area (Å²) in [6.45, 7) is 3.73. The number of anilines is 1. The highest BCUT2D eigenvalue weighted by molar-refractivity contribution is 9.10. The lowest BCUT2D eigenvalue weighted by Gasteiger charge is -2.33. The molecule has 1 atom stereocenters. The van der Waals surface area contributed by atoms with Crippen LogP contribution in [-0.4, -0.2) is 35.2 Å². The van der Waals surface area contributed by atoms with Crippen molar-refractivity contribution >= 4 is 50.4 Å². The number of fused-ring (bicyclic) bond motifs is 1. The van der Waals surface area contributed by atoms with Crippen LogP contribution in [0.3, 0.4) is 0 Å². The van der Waals surface area contributed by atoms with Crippen LogP contribution in [0.1, 0.15) is 25.5 Å². The summed E-state index contributed by atoms with van der Waals surface area (Å²) in [6.07, 6.45) is 1.90. The number of carbonyl (C=O) groups is 2. The Labute approximate surface area is 204 Å². The van der Waals surface area contributed by atoms with Crippen LogP contribution in [-0.2, 0) is 14.3 Å². The molecule has 4 rings (SSSR count). The zero-order chi connectivity index (χ0) is 23.4. The SMILES string of the molecule is CCOC(=O)C1=C(C)N=C2SC=CN2[C@H]1c1cccc(OCC(=O)Nc2ccc(Br)cc2)c1. The molecular formula is C24H22BrN3O4S. The first-order valence-electron chi connectivity index (χ1n) is 10.3. The van der Waals surface area contributed by atoms with Crippen LogP contribution in [0.5, 0.6) is 5.75 Å². The lowest BCUT2D eigenvalue weighted by Crippen LogP contribution is -2.34. The van der Waals surface area contributed by atoms with E-state index < -0.39 is 12.0 Å². The van der Waals surface area contributed by atoms with E-state index in [2.05, 4.69) is 26.2 Å². The van der Waals surface area contributed by atoms with Gasteiger partial charge in [-0.15, -0.1) is 0 Å². The van der Waals surface area contributed by atoms with Crippen molar-refractivity contribution in [3.05, 3.63) is 81.4 Å². The smallest absolute Gasteiger partial charge is 0.338 e. The van der Waals surface area contributed by atoms with Gasteiger partial charge in [-0.05, 0) is 61.2 Å². The lowest BCUT2D eigenvalue weighted by atomic mass is 9.94. The summed E-state index contributed by atoms with van der Waals surface area (Å²) in [5, 5.41) is 5.53. The Morgan fingerprint density at radius 3 is 2.76 bits per heavy atom. The van der Waals surface area contributed by atoms with Crippen molar-refractivity contribution in [1.82, 2.24) is 4.90 Å². The minimum atomic E-state index is -0.400. The second-order valence-electron chi connectivity index (χ2n) is 7.24. The molecule has 2 heterocycles. The predicted octanol–water partition coefficient (Wildman–Crippen LogP) is 5.23. The summed E-state index contributed by atoms with van der Waals surface area (Å²) < 4.78 is 12.0. The zero-order valence-electron chi connectivity index (χ0n) is 18.1. The molecule has 0 saturated carbocycles. The second-order valence-corrected chi connectivity index (χ2v) is 9.03. The normalized spacial score (nSPS) is 16.9. The fraction of sp³-hybridized carbons (Fsp3) is 0.208. The third-order valence-corrected chi connectivity index (χ3v) is 6.29. The Morgan fingerprint density at radius 2 is 2.00 bits per heavy atom. The molecule has 1 amide bonds. The molecule has 7 nitrogen and oxygen atoms in total. The molecule has 2 aromatic carbocycles. The van der Waals surface area contributed by atoms with Crippen molar-refractivity contribution in [2.45, 2.75) is 19.9 Å². The van der Waals surface area contributed by atoms with Gasteiger partial charge in [-0.25, -0.2) is 9.79 Å². The number of rotatable bonds is 7. The summed E-state index contributed by atoms with van der Waals surface area (Å²) in [5.41, 5.74) is 2.63. The molecule has 33 heavy (non-hydrogen) atoms. The second kappa shape index (κ2) is 10.3. The fourth-order valence-corrected chi connectivity index (χ4v) is 4.61. The molecule has 0 fully saturated rings. The number of halogens is 1. The van der Waals surface area contributed by atoms with Gasteiger partial charge in [0.25, 0.3) is 5.91 Å². The van der Waals surface area contributed by atoms with E-state index in [1.807, 2.05) is 53.8 Å². The fourth-order valence-electron chi connectivity index (χ4n) is 3.55. The molecule has 9 heteroatoms. The Balaban J connectivity index is 1.52. The quantitative estimate of drug-likeness (QED) is 0.496. The lowest BCUT2D eigenvalue weighted by molar-refractivity contribution is -0.139. The van der Waals surface area contributed by atoms with Gasteiger partial charge in [-0.2, -0.15) is 0 Å². The van der Waals surface area contributed by atoms with Crippen molar-refractivity contribution in [2.75, 3.05) is 18.5 Å². The Hall–Kier alpha value is -3.04. The monoisotopic (exact) mass is 527 g/mol. The first-order chi connectivity index (χ1) is 16.0. The molecule has 0 bridgehead atoms. The number of thioether (sulfide) groups is 1. The van der Waals surface area contributed by atoms with Gasteiger partial charge in [0, 0.05) is 16.4 Å². The molecule has 0 aliphatic carbocycles. The number of hydrogen-bond donors (Lipinski definition) is 1. The van der Waals surface area contributed by atoms with E-state index >= 15 is 0 Å². The number of hydrogen-bond acceptors (Lipinski definition) is 7. The molecule has 1 N–H and O–H groups in total. The molecule has 0 spiro atoms. The molecule has 0 unspecified atom stereocenters. The van der Waals surface area contributed by atoms with Crippen molar-refractivity contribution in [3.8, 4) is 5.75 Å². The van der Waals surface area contributed by atoms with E-state index in [-0.39, 0.29) is 19.1 Å². The van der Waals surface area contributed by atoms with Crippen LogP contribution >= 0.6 is 27.7 Å². The maximum Gasteiger partial charge on any atom is 0.338 e. The number of nitrogens with one attached hydrogen (secondary N) is 1. The van der Waals surface area contributed by atoms with Crippen molar-refractivity contribution in [3.63, 3.8) is 0 Å². The summed E-state index contributed by atoms with van der Waals surface area (Å²) in [6, 6.07) is 14.3. The van der Waals surface area contributed by atoms with Crippen LogP contribution in [0.2, 0.25) is 0 Å². The number of nitrogens with zero attached hydrogens (tertiary/aromatic N) is 2. The highest BCUT2D eigenvalue weighted by Gasteiger charge is 2.37. The molecule has 0 radical (unpaired) electrons. The number of amidine groups is 1. The van der Waals surface area contributed by atoms with E-state index in [1.54, 1.807) is 25.1 Å². The zero-order valence-corrected chi connectivity index (χ0v) is 20.5. The highest BCUT2D eigenvalue weighted by atomic mass is 79.9. The number of allylic oxidation sites excluding steroid dienone is 1. The largest absolute Gasteiger partial charge is 0.484 e. The molecule has 2 aromatic rings. The summed E-state index contributed by atoms with van der Waals surface area (Å²) in [5.74, 6) is -0.135. The Bertz CT molecular complexity index is 1160. The number of amides is 1. The van der Waals surface area contributed by atoms with E-state index in [1.165, 1.54) is 11.8 Å². The number of ether oxygens (including phenoxy) is 2. The van der Waals surface area contributed by atoms with E-state index in [4.69, 9.17) is 9.47 Å². The first kappa shape index (κ1) is 23.1. The third kappa shape index (κ3) is 5.31. The number of carbonyl (C=O) groups excluding carboxylic acids is 2. The third-order valence-electron chi connectivity index (χ3n) is 4.99. The van der Waals surface area contributed by atoms with E-state index in [9.17, 15) is 9.59 Å². The maximum absolute atomic E-state index is 12.8. The van der Waals surface area contributed by atoms with E-state index in [0.29, 0.717) is 22.7 Å². The van der Waals surface area contributed by atoms with Crippen molar-refractivity contribution in [2.24, 2.45) is 4.99 Å². The minimum absolute atomic E-state index is 0.143. The molecule has 0 saturated heterocycles. The Kier molecular flexibility index (Phi) is 7.20. The summed E-state index contributed by atoms with van der Waals surface area (Å²) in [4.78, 5) is 31.6. The molecule has 0 aromatic heterocycles. The van der Waals surface area contributed by atoms with Crippen LogP contribution in [0.25, 0.3) is 0 Å². The van der Waals surface area contributed by atoms with Gasteiger partial charge in [-0.1, -0.05) is 39.8 Å². The van der Waals surface area contributed by atoms with Gasteiger partial charge in [0.05, 0.1) is 23.9 Å². The maximum atomic E-state index is 12.8. The summed E-state index contributed by atoms with van der Waals surface area (Å²) in [7, 11) is 0. The van der Waals surface area contributed by atoms with Gasteiger partial charge in [-0.3, -0.25) is 4.79 Å². The molecular weight excluding hydrogens is 506 g/mol. The van der Waals surface area contributed by atoms with Crippen LogP contribution in [0.15, 0.2) is 80.9 Å². The van der Waals surface area contributed by atoms with Crippen molar-refractivity contribution < 1.29 is 19.1 Å². The molecule has 2 aliphatic heterocycles. The van der Waals surface area contributed by atoms with Gasteiger partial charge < -0.3 is 19.7 Å². The topological polar surface area (TPSA) is 80.2 Å². The molecule has 2 aliphatic rings. The highest BCUT2D eigenvalue weighted by Crippen LogP contribution is 2.41. The van der Waals surface area contributed by atoms with Gasteiger partial charge in [0.1, 0.15) is 5.75 Å². The van der Waals surface area contributed by atoms with Crippen molar-refractivity contribution in [1.29, 1.82) is 0 Å². The van der Waals surface area contributed by atoms with E-state index in [0.717, 1.165) is 15.2 Å². The Morgan fingerprint density at radius 1 is 1.21 bits per heavy atom. The molecule has 170 valence electrons. The van der Waals surface area contributed by atoms with Crippen LogP contribution in [0, 0.1) is 0 Å². The van der Waals surface area contributed by atoms with Gasteiger partial charge in [0.15, 0.2) is 11.8 Å². The number of aliphatic imine (C=N–C) groups is 1. The number of esters is 1. The first-order valence-corrected chi connectivity index (χ1v) is 12.0. The average molecular weight is 528 g/mol. The van der Waals surface area contributed by atoms with Crippen LogP contribution < -0.4 is 10.1 Å². The summed E-state index contributed by atoms with van der Waals surface area (Å²) >= 11 is 4.87. The predicted molar refractivity (Wildman–Crippen MR) is 133 cm³/mol.